The van der Waals surface area contributed by atoms with Gasteiger partial charge < -0.3 is 10.2 Å². The maximum absolute atomic E-state index is 13.7. The minimum Gasteiger partial charge on any atom is -0.354 e. The first-order valence-electron chi connectivity index (χ1n) is 12.1. The van der Waals surface area contributed by atoms with Gasteiger partial charge in [-0.2, -0.15) is 0 Å². The number of nitrogens with zero attached hydrogens (tertiary/aromatic N) is 1. The van der Waals surface area contributed by atoms with E-state index in [0.717, 1.165) is 34.0 Å². The van der Waals surface area contributed by atoms with Gasteiger partial charge in [-0.25, -0.2) is 0 Å². The van der Waals surface area contributed by atoms with Crippen LogP contribution in [0.15, 0.2) is 83.3 Å². The van der Waals surface area contributed by atoms with Gasteiger partial charge in [0.1, 0.15) is 6.04 Å². The molecule has 184 valence electrons. The van der Waals surface area contributed by atoms with Crippen LogP contribution in [0.2, 0.25) is 5.02 Å². The molecule has 6 heteroatoms. The topological polar surface area (TPSA) is 49.4 Å². The Morgan fingerprint density at radius 1 is 0.943 bits per heavy atom. The second-order valence-electron chi connectivity index (χ2n) is 8.59. The fraction of sp³-hybridized carbons (Fsp3) is 0.310. The molecule has 0 unspecified atom stereocenters. The average molecular weight is 556 g/mol. The third-order valence-electron chi connectivity index (χ3n) is 5.93. The predicted octanol–water partition coefficient (Wildman–Crippen LogP) is 6.59. The Labute approximate surface area is 221 Å². The molecule has 35 heavy (non-hydrogen) atoms. The minimum atomic E-state index is -0.614. The number of unbranched alkanes of at least 4 members (excludes halogenated alkanes) is 1. The zero-order chi connectivity index (χ0) is 25.0. The Morgan fingerprint density at radius 2 is 1.63 bits per heavy atom. The lowest BCUT2D eigenvalue weighted by Crippen LogP contribution is -2.50. The SMILES string of the molecule is CCCCNC(=O)[C@H](Cc1ccccc1)N(Cc1ccc(Br)cc1)C(=O)CCc1ccccc1Cl. The Kier molecular flexibility index (Phi) is 10.8. The van der Waals surface area contributed by atoms with Gasteiger partial charge in [-0.15, -0.1) is 0 Å². The van der Waals surface area contributed by atoms with Gasteiger partial charge in [0.15, 0.2) is 0 Å². The Hall–Kier alpha value is -2.63. The molecule has 0 aromatic heterocycles. The zero-order valence-corrected chi connectivity index (χ0v) is 22.4. The number of aryl methyl sites for hydroxylation is 1. The van der Waals surface area contributed by atoms with E-state index in [1.807, 2.05) is 78.9 Å². The van der Waals surface area contributed by atoms with E-state index >= 15 is 0 Å². The molecule has 0 saturated carbocycles. The lowest BCUT2D eigenvalue weighted by molar-refractivity contribution is -0.141. The fourth-order valence-corrected chi connectivity index (χ4v) is 4.43. The molecule has 3 rings (SSSR count). The first kappa shape index (κ1) is 27.0. The molecule has 2 amide bonds. The lowest BCUT2D eigenvalue weighted by atomic mass is 10.0. The Bertz CT molecular complexity index is 1090. The van der Waals surface area contributed by atoms with E-state index in [9.17, 15) is 9.59 Å². The number of nitrogens with one attached hydrogen (secondary N) is 1. The summed E-state index contributed by atoms with van der Waals surface area (Å²) < 4.78 is 0.969. The van der Waals surface area contributed by atoms with Crippen LogP contribution in [0.1, 0.15) is 42.9 Å². The first-order valence-corrected chi connectivity index (χ1v) is 13.2. The second kappa shape index (κ2) is 14.1. The molecule has 0 bridgehead atoms. The highest BCUT2D eigenvalue weighted by atomic mass is 79.9. The standard InChI is InChI=1S/C29H32BrClN2O2/c1-2-3-19-32-29(35)27(20-22-9-5-4-6-10-22)33(21-23-13-16-25(30)17-14-23)28(34)18-15-24-11-7-8-12-26(24)31/h4-14,16-17,27H,2-3,15,18-21H2,1H3,(H,32,35)/t27-/m0/s1. The molecule has 0 aliphatic carbocycles. The minimum absolute atomic E-state index is 0.0700. The van der Waals surface area contributed by atoms with Gasteiger partial charge in [0.2, 0.25) is 11.8 Å². The number of hydrogen-bond acceptors (Lipinski definition) is 2. The smallest absolute Gasteiger partial charge is 0.243 e. The fourth-order valence-electron chi connectivity index (χ4n) is 3.93. The second-order valence-corrected chi connectivity index (χ2v) is 9.91. The zero-order valence-electron chi connectivity index (χ0n) is 20.1. The Morgan fingerprint density at radius 3 is 2.31 bits per heavy atom. The van der Waals surface area contributed by atoms with E-state index in [2.05, 4.69) is 28.2 Å². The van der Waals surface area contributed by atoms with Crippen LogP contribution in [0.4, 0.5) is 0 Å². The molecule has 0 radical (unpaired) electrons. The van der Waals surface area contributed by atoms with Crippen molar-refractivity contribution in [3.05, 3.63) is 105 Å². The average Bonchev–Trinajstić information content (AvgIpc) is 2.87. The number of halogens is 2. The monoisotopic (exact) mass is 554 g/mol. The summed E-state index contributed by atoms with van der Waals surface area (Å²) in [4.78, 5) is 28.8. The van der Waals surface area contributed by atoms with Crippen molar-refractivity contribution in [2.24, 2.45) is 0 Å². The van der Waals surface area contributed by atoms with E-state index in [1.54, 1.807) is 4.90 Å². The van der Waals surface area contributed by atoms with E-state index < -0.39 is 6.04 Å². The van der Waals surface area contributed by atoms with Gasteiger partial charge in [0.25, 0.3) is 0 Å². The summed E-state index contributed by atoms with van der Waals surface area (Å²) in [5.41, 5.74) is 2.92. The third-order valence-corrected chi connectivity index (χ3v) is 6.83. The van der Waals surface area contributed by atoms with Crippen molar-refractivity contribution in [3.63, 3.8) is 0 Å². The molecule has 0 fully saturated rings. The summed E-state index contributed by atoms with van der Waals surface area (Å²) in [7, 11) is 0. The predicted molar refractivity (Wildman–Crippen MR) is 146 cm³/mol. The molecule has 3 aromatic rings. The van der Waals surface area contributed by atoms with Crippen molar-refractivity contribution in [1.29, 1.82) is 0 Å². The van der Waals surface area contributed by atoms with E-state index in [0.29, 0.717) is 31.0 Å². The van der Waals surface area contributed by atoms with Crippen molar-refractivity contribution < 1.29 is 9.59 Å². The van der Waals surface area contributed by atoms with Crippen molar-refractivity contribution >= 4 is 39.3 Å². The van der Waals surface area contributed by atoms with Crippen molar-refractivity contribution in [2.45, 2.75) is 51.6 Å². The van der Waals surface area contributed by atoms with Crippen molar-refractivity contribution in [2.75, 3.05) is 6.54 Å². The quantitative estimate of drug-likeness (QED) is 0.256. The maximum Gasteiger partial charge on any atom is 0.243 e. The van der Waals surface area contributed by atoms with E-state index in [-0.39, 0.29) is 18.2 Å². The van der Waals surface area contributed by atoms with Crippen molar-refractivity contribution in [1.82, 2.24) is 10.2 Å². The summed E-state index contributed by atoms with van der Waals surface area (Å²) in [6.45, 7) is 3.04. The summed E-state index contributed by atoms with van der Waals surface area (Å²) in [6.07, 6.45) is 3.13. The molecule has 0 heterocycles. The molecule has 3 aromatic carbocycles. The molecular weight excluding hydrogens is 524 g/mol. The molecule has 0 saturated heterocycles. The number of benzene rings is 3. The summed E-state index contributed by atoms with van der Waals surface area (Å²) in [6, 6.07) is 24.7. The summed E-state index contributed by atoms with van der Waals surface area (Å²) in [5, 5.41) is 3.71. The number of carbonyl (C=O) groups excluding carboxylic acids is 2. The van der Waals surface area contributed by atoms with Crippen LogP contribution < -0.4 is 5.32 Å². The van der Waals surface area contributed by atoms with Gasteiger partial charge in [-0.05, 0) is 47.7 Å². The van der Waals surface area contributed by atoms with Crippen LogP contribution in [0.5, 0.6) is 0 Å². The summed E-state index contributed by atoms with van der Waals surface area (Å²) in [5.74, 6) is -0.190. The van der Waals surface area contributed by atoms with Crippen LogP contribution in [0, 0.1) is 0 Å². The highest BCUT2D eigenvalue weighted by molar-refractivity contribution is 9.10. The third kappa shape index (κ3) is 8.52. The number of hydrogen-bond donors (Lipinski definition) is 1. The molecule has 4 nitrogen and oxygen atoms in total. The molecule has 1 atom stereocenters. The first-order chi connectivity index (χ1) is 17.0. The normalized spacial score (nSPS) is 11.6. The van der Waals surface area contributed by atoms with Crippen molar-refractivity contribution in [3.8, 4) is 0 Å². The summed E-state index contributed by atoms with van der Waals surface area (Å²) >= 11 is 9.80. The maximum atomic E-state index is 13.7. The van der Waals surface area contributed by atoms with Crippen LogP contribution >= 0.6 is 27.5 Å². The van der Waals surface area contributed by atoms with Gasteiger partial charge in [0.05, 0.1) is 0 Å². The van der Waals surface area contributed by atoms with E-state index in [4.69, 9.17) is 11.6 Å². The number of carbonyl (C=O) groups is 2. The van der Waals surface area contributed by atoms with Gasteiger partial charge >= 0.3 is 0 Å². The highest BCUT2D eigenvalue weighted by Crippen LogP contribution is 2.21. The Balaban J connectivity index is 1.88. The largest absolute Gasteiger partial charge is 0.354 e. The number of rotatable bonds is 12. The van der Waals surface area contributed by atoms with Crippen LogP contribution in [-0.4, -0.2) is 29.3 Å². The lowest BCUT2D eigenvalue weighted by Gasteiger charge is -2.32. The van der Waals surface area contributed by atoms with Gasteiger partial charge in [-0.3, -0.25) is 9.59 Å². The van der Waals surface area contributed by atoms with Gasteiger partial charge in [0, 0.05) is 35.4 Å². The molecule has 0 spiro atoms. The molecular formula is C29H32BrClN2O2. The molecule has 1 N–H and O–H groups in total. The van der Waals surface area contributed by atoms with Gasteiger partial charge in [-0.1, -0.05) is 102 Å². The van der Waals surface area contributed by atoms with Crippen LogP contribution in [0.3, 0.4) is 0 Å². The van der Waals surface area contributed by atoms with Crippen LogP contribution in [-0.2, 0) is 29.0 Å². The van der Waals surface area contributed by atoms with E-state index in [1.165, 1.54) is 0 Å². The molecule has 0 aliphatic rings. The molecule has 0 aliphatic heterocycles. The highest BCUT2D eigenvalue weighted by Gasteiger charge is 2.30. The number of amides is 2. The van der Waals surface area contributed by atoms with Crippen LogP contribution in [0.25, 0.3) is 0 Å².